The van der Waals surface area contributed by atoms with Crippen LogP contribution in [0.5, 0.6) is 109 Å². The van der Waals surface area contributed by atoms with Gasteiger partial charge in [-0.15, -0.1) is 0 Å². The molecule has 0 radical (unpaired) electrons. The van der Waals surface area contributed by atoms with Crippen molar-refractivity contribution in [1.82, 2.24) is 0 Å². The predicted octanol–water partition coefficient (Wildman–Crippen LogP) is 23.6. The van der Waals surface area contributed by atoms with Gasteiger partial charge in [-0.2, -0.15) is 0 Å². The van der Waals surface area contributed by atoms with Crippen molar-refractivity contribution >= 4 is 58.2 Å². The lowest BCUT2D eigenvalue weighted by atomic mass is 9.91. The van der Waals surface area contributed by atoms with Crippen molar-refractivity contribution in [1.29, 1.82) is 0 Å². The molecule has 127 heavy (non-hydrogen) atoms. The highest BCUT2D eigenvalue weighted by Gasteiger charge is 2.37. The zero-order valence-corrected chi connectivity index (χ0v) is 75.2. The van der Waals surface area contributed by atoms with Crippen molar-refractivity contribution in [3.05, 3.63) is 241 Å². The Kier molecular flexibility index (Phi) is 24.7. The molecule has 10 heterocycles. The first kappa shape index (κ1) is 87.6. The second-order valence-corrected chi connectivity index (χ2v) is 36.8. The number of aryl methyl sites for hydroxylation is 1. The molecular weight excluding hydrogens is 1600 g/mol. The number of rotatable bonds is 12. The number of phenolic OH excluding ortho intramolecular Hbond substituents is 6. The van der Waals surface area contributed by atoms with Crippen molar-refractivity contribution in [3.8, 4) is 109 Å². The summed E-state index contributed by atoms with van der Waals surface area (Å²) in [6.45, 7) is 30.5. The molecule has 0 atom stereocenters. The molecule has 10 aliphatic heterocycles. The molecule has 0 saturated carbocycles. The molecule has 6 N–H and O–H groups in total. The Balaban J connectivity index is 0.000000117. The van der Waals surface area contributed by atoms with Crippen LogP contribution in [-0.2, 0) is 38.5 Å². The van der Waals surface area contributed by atoms with E-state index in [1.165, 1.54) is 6.07 Å². The normalized spacial score (nSPS) is 17.4. The van der Waals surface area contributed by atoms with Gasteiger partial charge in [0, 0.05) is 136 Å². The lowest BCUT2D eigenvalue weighted by Crippen LogP contribution is -2.33. The summed E-state index contributed by atoms with van der Waals surface area (Å²) in [5, 5.41) is 61.0. The maximum atomic E-state index is 10.4. The Labute approximate surface area is 744 Å². The number of aromatic hydroxyl groups is 6. The minimum absolute atomic E-state index is 0.0443. The van der Waals surface area contributed by atoms with Crippen LogP contribution in [0.1, 0.15) is 218 Å². The summed E-state index contributed by atoms with van der Waals surface area (Å²) in [5.74, 6) is 12.1. The molecule has 0 bridgehead atoms. The van der Waals surface area contributed by atoms with E-state index in [1.54, 1.807) is 37.4 Å². The molecule has 0 saturated heterocycles. The maximum Gasteiger partial charge on any atom is 0.133 e. The Morgan fingerprint density at radius 3 is 0.835 bits per heavy atom. The first-order chi connectivity index (χ1) is 60.8. The van der Waals surface area contributed by atoms with Gasteiger partial charge in [0.25, 0.3) is 0 Å². The molecule has 10 aromatic rings. The molecule has 20 rings (SSSR count). The summed E-state index contributed by atoms with van der Waals surface area (Å²) in [7, 11) is 1.58. The van der Waals surface area contributed by atoms with Gasteiger partial charge in [0.2, 0.25) is 0 Å². The van der Waals surface area contributed by atoms with E-state index in [4.69, 9.17) is 61.6 Å². The van der Waals surface area contributed by atoms with E-state index in [0.29, 0.717) is 74.8 Å². The van der Waals surface area contributed by atoms with Gasteiger partial charge >= 0.3 is 0 Å². The lowest BCUT2D eigenvalue weighted by molar-refractivity contribution is 0.0830. The van der Waals surface area contributed by atoms with Gasteiger partial charge < -0.3 is 92.2 Å². The number of hydrogen-bond donors (Lipinski definition) is 6. The number of phenols is 6. The summed E-state index contributed by atoms with van der Waals surface area (Å²) in [6.07, 6.45) is 21.9. The minimum atomic E-state index is -0.144. The average molecular weight is 1720 g/mol. The van der Waals surface area contributed by atoms with Gasteiger partial charge in [-0.05, 0) is 304 Å². The summed E-state index contributed by atoms with van der Waals surface area (Å²) < 4.78 is 77.1. The Morgan fingerprint density at radius 2 is 0.567 bits per heavy atom. The quantitative estimate of drug-likeness (QED) is 0.0666. The monoisotopic (exact) mass is 1720 g/mol. The van der Waals surface area contributed by atoms with Crippen LogP contribution in [0.3, 0.4) is 0 Å². The van der Waals surface area contributed by atoms with Crippen molar-refractivity contribution < 1.29 is 92.2 Å². The molecule has 0 unspecified atom stereocenters. The fraction of sp³-hybridized carbons (Fsp3) is 0.352. The molecule has 10 aliphatic rings. The van der Waals surface area contributed by atoms with Gasteiger partial charge in [0.1, 0.15) is 170 Å². The van der Waals surface area contributed by atoms with Gasteiger partial charge in [0.15, 0.2) is 0 Å². The minimum Gasteiger partial charge on any atom is -0.508 e. The molecule has 0 amide bonds. The van der Waals surface area contributed by atoms with E-state index in [2.05, 4.69) is 113 Å². The van der Waals surface area contributed by atoms with Gasteiger partial charge in [-0.1, -0.05) is 26.0 Å². The zero-order valence-electron chi connectivity index (χ0n) is 75.2. The number of methoxy groups -OCH3 is 1. The molecule has 0 aliphatic carbocycles. The standard InChI is InChI=1S/C23H26O4.C22H24O4.C22H24O3.C21H22O4.C20H20O4/c1-4-11-25-17-6-7-18(20(24)13-17)16-12-15-5-8-21-19(22(15)26-14-16)9-10-23(2,3)27-21;1-4-24-16-6-7-17(19(23)12-16)15-11-14-5-8-20-18(21(14)25-13-15)9-10-22(2,3)26-20;1-4-14-5-7-17(19(23)11-14)16-12-15-6-8-20-18(21(15)24-13-16)9-10-22(2,3)25-20;1-21(2)9-8-17-19(25-21)7-4-13-10-14(12-24-20(13)17)16-6-5-15(23-3)11-18(16)22;1-20(2)8-7-16-18(24-20)6-3-12-9-13(11-23-19(12)16)15-5-4-14(21)10-17(15)22/h5-8,12-13,24H,4,9-11,14H2,1-3H3;5-8,11-12,23H,4,9-10,13H2,1-3H3;5-8,11-12,23H,4,9-10,13H2,1-3H3;4-7,10-11,22H,8-9,12H2,1-3H3;3-6,9-10,21-22H,7-8,11H2,1-2H3. The molecule has 19 nitrogen and oxygen atoms in total. The topological polar surface area (TPSA) is 241 Å². The molecular formula is C108H116O19. The van der Waals surface area contributed by atoms with E-state index in [0.717, 1.165) is 246 Å². The fourth-order valence-corrected chi connectivity index (χ4v) is 17.7. The molecule has 662 valence electrons. The third kappa shape index (κ3) is 19.4. The van der Waals surface area contributed by atoms with Gasteiger partial charge in [-0.25, -0.2) is 0 Å². The largest absolute Gasteiger partial charge is 0.508 e. The zero-order chi connectivity index (χ0) is 89.4. The number of ether oxygens (including phenoxy) is 13. The second-order valence-electron chi connectivity index (χ2n) is 36.8. The first-order valence-electron chi connectivity index (χ1n) is 44.4. The van der Waals surface area contributed by atoms with Crippen LogP contribution in [0.4, 0.5) is 0 Å². The van der Waals surface area contributed by atoms with Crippen LogP contribution in [0.25, 0.3) is 58.2 Å². The summed E-state index contributed by atoms with van der Waals surface area (Å²) in [5.41, 5.74) is 19.9. The van der Waals surface area contributed by atoms with Crippen LogP contribution in [0.15, 0.2) is 152 Å². The van der Waals surface area contributed by atoms with Crippen LogP contribution >= 0.6 is 0 Å². The number of fused-ring (bicyclic) bond motifs is 15. The molecule has 10 aromatic carbocycles. The molecule has 0 fully saturated rings. The molecule has 0 spiro atoms. The average Bonchev–Trinajstić information content (AvgIpc) is 0.783. The van der Waals surface area contributed by atoms with Crippen molar-refractivity contribution in [2.45, 2.75) is 195 Å². The van der Waals surface area contributed by atoms with E-state index >= 15 is 0 Å². The van der Waals surface area contributed by atoms with Crippen molar-refractivity contribution in [2.24, 2.45) is 0 Å². The van der Waals surface area contributed by atoms with Gasteiger partial charge in [0.05, 0.1) is 20.3 Å². The summed E-state index contributed by atoms with van der Waals surface area (Å²) in [6, 6.07) is 46.9. The van der Waals surface area contributed by atoms with Crippen LogP contribution < -0.4 is 61.6 Å². The first-order valence-corrected chi connectivity index (χ1v) is 44.4. The summed E-state index contributed by atoms with van der Waals surface area (Å²) >= 11 is 0. The highest BCUT2D eigenvalue weighted by atomic mass is 16.5. The Hall–Kier alpha value is -12.9. The third-order valence-corrected chi connectivity index (χ3v) is 24.7. The van der Waals surface area contributed by atoms with E-state index in [-0.39, 0.29) is 56.8 Å². The van der Waals surface area contributed by atoms with Crippen LogP contribution in [0, 0.1) is 0 Å². The van der Waals surface area contributed by atoms with Crippen molar-refractivity contribution in [2.75, 3.05) is 53.4 Å². The van der Waals surface area contributed by atoms with Crippen LogP contribution in [-0.4, -0.2) is 112 Å². The van der Waals surface area contributed by atoms with E-state index in [1.807, 2.05) is 122 Å². The van der Waals surface area contributed by atoms with Gasteiger partial charge in [-0.3, -0.25) is 0 Å². The maximum absolute atomic E-state index is 10.4. The van der Waals surface area contributed by atoms with Crippen molar-refractivity contribution in [3.63, 3.8) is 0 Å². The lowest BCUT2D eigenvalue weighted by Gasteiger charge is -2.34. The highest BCUT2D eigenvalue weighted by molar-refractivity contribution is 5.93. The molecule has 19 heteroatoms. The number of benzene rings is 10. The smallest absolute Gasteiger partial charge is 0.133 e. The van der Waals surface area contributed by atoms with E-state index in [9.17, 15) is 30.6 Å². The fourth-order valence-electron chi connectivity index (χ4n) is 17.7. The Bertz CT molecular complexity index is 5900. The van der Waals surface area contributed by atoms with E-state index < -0.39 is 0 Å². The summed E-state index contributed by atoms with van der Waals surface area (Å²) in [4.78, 5) is 0. The third-order valence-electron chi connectivity index (χ3n) is 24.7. The Morgan fingerprint density at radius 1 is 0.299 bits per heavy atom. The highest BCUT2D eigenvalue weighted by Crippen LogP contribution is 2.52. The SMILES string of the molecule is CC1(C)CCc2c(ccc3c2OCC(c2ccc(O)cc2O)=C3)O1.CCCOc1ccc(C2=Cc3ccc4c(c3OC2)CCC(C)(C)O4)c(O)c1.CCOc1ccc(C2=Cc3ccc4c(c3OC2)CCC(C)(C)O4)c(O)c1.CCc1ccc(C2=Cc3ccc4c(c3OC2)CCC(C)(C)O4)c(O)c1.COc1ccc(C2=Cc3ccc4c(c3OC2)CCC(C)(C)O4)c(O)c1. The predicted molar refractivity (Wildman–Crippen MR) is 499 cm³/mol. The molecule has 0 aromatic heterocycles. The number of hydrogen-bond acceptors (Lipinski definition) is 19. The van der Waals surface area contributed by atoms with Crippen LogP contribution in [0.2, 0.25) is 0 Å². The second kappa shape index (κ2) is 35.9.